The molecule has 0 atom stereocenters. The molecule has 134 valence electrons. The van der Waals surface area contributed by atoms with Crippen molar-refractivity contribution in [1.29, 1.82) is 0 Å². The van der Waals surface area contributed by atoms with E-state index in [1.54, 1.807) is 0 Å². The Morgan fingerprint density at radius 1 is 1.08 bits per heavy atom. The van der Waals surface area contributed by atoms with E-state index in [2.05, 4.69) is 21.6 Å². The van der Waals surface area contributed by atoms with Gasteiger partial charge in [0.15, 0.2) is 11.5 Å². The molecule has 2 fully saturated rings. The third kappa shape index (κ3) is 3.45. The van der Waals surface area contributed by atoms with Gasteiger partial charge in [-0.1, -0.05) is 0 Å². The van der Waals surface area contributed by atoms with Gasteiger partial charge in [0.25, 0.3) is 0 Å². The second-order valence-electron chi connectivity index (χ2n) is 8.30. The van der Waals surface area contributed by atoms with Gasteiger partial charge < -0.3 is 10.2 Å². The van der Waals surface area contributed by atoms with Crippen LogP contribution in [0.15, 0.2) is 12.1 Å². The van der Waals surface area contributed by atoms with Crippen LogP contribution in [0.5, 0.6) is 0 Å². The lowest BCUT2D eigenvalue weighted by atomic mass is 9.96. The first-order valence-corrected chi connectivity index (χ1v) is 9.20. The highest BCUT2D eigenvalue weighted by molar-refractivity contribution is 5.75. The van der Waals surface area contributed by atoms with Crippen LogP contribution in [-0.4, -0.2) is 49.4 Å². The minimum Gasteiger partial charge on any atom is -0.333 e. The third-order valence-electron chi connectivity index (χ3n) is 4.93. The van der Waals surface area contributed by atoms with E-state index in [0.717, 1.165) is 43.1 Å². The molecule has 0 bridgehead atoms. The van der Waals surface area contributed by atoms with Crippen LogP contribution in [-0.2, 0) is 0 Å². The van der Waals surface area contributed by atoms with Crippen molar-refractivity contribution in [2.75, 3.05) is 13.1 Å². The van der Waals surface area contributed by atoms with Crippen molar-refractivity contribution >= 4 is 11.7 Å². The number of piperidine rings is 1. The molecule has 7 heteroatoms. The zero-order valence-corrected chi connectivity index (χ0v) is 15.2. The Morgan fingerprint density at radius 2 is 1.80 bits per heavy atom. The number of carbonyl (C=O) groups excluding carboxylic acids is 1. The van der Waals surface area contributed by atoms with Gasteiger partial charge >= 0.3 is 6.03 Å². The van der Waals surface area contributed by atoms with Crippen molar-refractivity contribution in [2.45, 2.75) is 63.8 Å². The first-order chi connectivity index (χ1) is 11.9. The van der Waals surface area contributed by atoms with Crippen molar-refractivity contribution in [3.63, 3.8) is 0 Å². The molecule has 0 spiro atoms. The van der Waals surface area contributed by atoms with E-state index in [0.29, 0.717) is 11.8 Å². The summed E-state index contributed by atoms with van der Waals surface area (Å²) < 4.78 is 1.92. The first kappa shape index (κ1) is 16.3. The summed E-state index contributed by atoms with van der Waals surface area (Å²) in [5.41, 5.74) is 1.75. The van der Waals surface area contributed by atoms with E-state index >= 15 is 0 Å². The van der Waals surface area contributed by atoms with Gasteiger partial charge in [0, 0.05) is 30.5 Å². The molecule has 0 radical (unpaired) electrons. The van der Waals surface area contributed by atoms with E-state index in [9.17, 15) is 4.79 Å². The second-order valence-corrected chi connectivity index (χ2v) is 8.30. The van der Waals surface area contributed by atoms with Gasteiger partial charge in [0.1, 0.15) is 0 Å². The van der Waals surface area contributed by atoms with Crippen molar-refractivity contribution in [3.8, 4) is 0 Å². The largest absolute Gasteiger partial charge is 0.333 e. The highest BCUT2D eigenvalue weighted by Gasteiger charge is 2.30. The number of aromatic nitrogens is 4. The van der Waals surface area contributed by atoms with E-state index in [4.69, 9.17) is 5.10 Å². The molecule has 2 aromatic rings. The molecule has 1 aliphatic carbocycles. The van der Waals surface area contributed by atoms with Gasteiger partial charge in [-0.05, 0) is 58.6 Å². The number of fused-ring (bicyclic) bond motifs is 1. The predicted octanol–water partition coefficient (Wildman–Crippen LogP) is 2.69. The maximum Gasteiger partial charge on any atom is 0.317 e. The molecule has 1 aliphatic heterocycles. The molecule has 0 aromatic carbocycles. The smallest absolute Gasteiger partial charge is 0.317 e. The van der Waals surface area contributed by atoms with Gasteiger partial charge in [-0.25, -0.2) is 4.79 Å². The van der Waals surface area contributed by atoms with Crippen LogP contribution in [0, 0.1) is 0 Å². The standard InChI is InChI=1S/C18H26N6O/c1-18(2,3)19-17(25)23-10-8-13(9-11-23)16-21-20-15-7-6-14(12-4-5-12)22-24(15)16/h6-7,12-13H,4-5,8-11H2,1-3H3,(H,19,25). The van der Waals surface area contributed by atoms with Crippen LogP contribution in [0.25, 0.3) is 5.65 Å². The number of hydrogen-bond acceptors (Lipinski definition) is 4. The van der Waals surface area contributed by atoms with Crippen LogP contribution < -0.4 is 5.32 Å². The lowest BCUT2D eigenvalue weighted by molar-refractivity contribution is 0.172. The zero-order valence-electron chi connectivity index (χ0n) is 15.2. The Morgan fingerprint density at radius 3 is 2.44 bits per heavy atom. The fourth-order valence-corrected chi connectivity index (χ4v) is 3.41. The number of amides is 2. The normalized spacial score (nSPS) is 19.4. The van der Waals surface area contributed by atoms with Gasteiger partial charge in [0.2, 0.25) is 0 Å². The summed E-state index contributed by atoms with van der Waals surface area (Å²) in [5, 5.41) is 16.5. The van der Waals surface area contributed by atoms with Crippen LogP contribution in [0.3, 0.4) is 0 Å². The molecule has 2 aliphatic rings. The van der Waals surface area contributed by atoms with Crippen LogP contribution in [0.4, 0.5) is 4.79 Å². The Kier molecular flexibility index (Phi) is 3.89. The Balaban J connectivity index is 1.46. The number of nitrogens with one attached hydrogen (secondary N) is 1. The van der Waals surface area contributed by atoms with E-state index in [-0.39, 0.29) is 11.6 Å². The van der Waals surface area contributed by atoms with E-state index in [1.807, 2.05) is 36.3 Å². The average Bonchev–Trinajstić information content (AvgIpc) is 3.33. The molecule has 1 N–H and O–H groups in total. The third-order valence-corrected chi connectivity index (χ3v) is 4.93. The maximum atomic E-state index is 12.3. The minimum atomic E-state index is -0.208. The van der Waals surface area contributed by atoms with Crippen LogP contribution >= 0.6 is 0 Å². The summed E-state index contributed by atoms with van der Waals surface area (Å²) in [6, 6.07) is 4.11. The Hall–Kier alpha value is -2.18. The average molecular weight is 342 g/mol. The van der Waals surface area contributed by atoms with Crippen molar-refractivity contribution in [2.24, 2.45) is 0 Å². The monoisotopic (exact) mass is 342 g/mol. The van der Waals surface area contributed by atoms with Gasteiger partial charge in [-0.3, -0.25) is 0 Å². The summed E-state index contributed by atoms with van der Waals surface area (Å²) in [6.45, 7) is 7.49. The second kappa shape index (κ2) is 5.97. The Bertz CT molecular complexity index is 780. The fraction of sp³-hybridized carbons (Fsp3) is 0.667. The fourth-order valence-electron chi connectivity index (χ4n) is 3.41. The van der Waals surface area contributed by atoms with Crippen molar-refractivity contribution in [1.82, 2.24) is 30.0 Å². The molecule has 1 saturated carbocycles. The van der Waals surface area contributed by atoms with Crippen molar-refractivity contribution in [3.05, 3.63) is 23.7 Å². The molecule has 2 amide bonds. The Labute approximate surface area is 147 Å². The molecule has 0 unspecified atom stereocenters. The topological polar surface area (TPSA) is 75.4 Å². The minimum absolute atomic E-state index is 0.0196. The number of hydrogen-bond donors (Lipinski definition) is 1. The lowest BCUT2D eigenvalue weighted by Crippen LogP contribution is -2.50. The molecular weight excluding hydrogens is 316 g/mol. The molecular formula is C18H26N6O. The number of nitrogens with zero attached hydrogens (tertiary/aromatic N) is 5. The predicted molar refractivity (Wildman–Crippen MR) is 94.6 cm³/mol. The summed E-state index contributed by atoms with van der Waals surface area (Å²) in [7, 11) is 0. The zero-order chi connectivity index (χ0) is 17.6. The molecule has 2 aromatic heterocycles. The van der Waals surface area contributed by atoms with E-state index in [1.165, 1.54) is 12.8 Å². The first-order valence-electron chi connectivity index (χ1n) is 9.20. The van der Waals surface area contributed by atoms with Crippen LogP contribution in [0.2, 0.25) is 0 Å². The SMILES string of the molecule is CC(C)(C)NC(=O)N1CCC(c2nnc3ccc(C4CC4)nn23)CC1. The van der Waals surface area contributed by atoms with Crippen molar-refractivity contribution < 1.29 is 4.79 Å². The molecule has 4 rings (SSSR count). The van der Waals surface area contributed by atoms with E-state index < -0.39 is 0 Å². The number of urea groups is 1. The highest BCUT2D eigenvalue weighted by atomic mass is 16.2. The number of likely N-dealkylation sites (tertiary alicyclic amines) is 1. The van der Waals surface area contributed by atoms with Gasteiger partial charge in [0.05, 0.1) is 5.69 Å². The molecule has 25 heavy (non-hydrogen) atoms. The maximum absolute atomic E-state index is 12.3. The lowest BCUT2D eigenvalue weighted by Gasteiger charge is -2.33. The molecule has 1 saturated heterocycles. The molecule has 3 heterocycles. The summed E-state index contributed by atoms with van der Waals surface area (Å²) in [6.07, 6.45) is 4.26. The van der Waals surface area contributed by atoms with Gasteiger partial charge in [-0.2, -0.15) is 9.61 Å². The number of carbonyl (C=O) groups is 1. The summed E-state index contributed by atoms with van der Waals surface area (Å²) in [5.74, 6) is 1.85. The quantitative estimate of drug-likeness (QED) is 0.910. The van der Waals surface area contributed by atoms with Crippen LogP contribution in [0.1, 0.15) is 69.8 Å². The number of rotatable bonds is 2. The molecule has 7 nitrogen and oxygen atoms in total. The summed E-state index contributed by atoms with van der Waals surface area (Å²) in [4.78, 5) is 14.2. The van der Waals surface area contributed by atoms with Gasteiger partial charge in [-0.15, -0.1) is 10.2 Å². The highest BCUT2D eigenvalue weighted by Crippen LogP contribution is 2.39. The summed E-state index contributed by atoms with van der Waals surface area (Å²) >= 11 is 0.